The number of amides is 1. The van der Waals surface area contributed by atoms with Crippen LogP contribution in [0.1, 0.15) is 35.1 Å². The molecule has 0 bridgehead atoms. The number of esters is 1. The number of nitrogens with one attached hydrogen (secondary N) is 1. The second kappa shape index (κ2) is 7.67. The Morgan fingerprint density at radius 1 is 1.10 bits per heavy atom. The number of aromatic nitrogens is 2. The summed E-state index contributed by atoms with van der Waals surface area (Å²) in [6.07, 6.45) is 1.54. The van der Waals surface area contributed by atoms with E-state index in [1.807, 2.05) is 48.5 Å². The average molecular weight is 403 g/mol. The van der Waals surface area contributed by atoms with Crippen molar-refractivity contribution in [2.75, 3.05) is 19.7 Å². The van der Waals surface area contributed by atoms with Crippen LogP contribution in [0.5, 0.6) is 0 Å². The fourth-order valence-electron chi connectivity index (χ4n) is 3.92. The van der Waals surface area contributed by atoms with Crippen molar-refractivity contribution in [2.24, 2.45) is 0 Å². The highest BCUT2D eigenvalue weighted by Gasteiger charge is 2.27. The predicted octanol–water partition coefficient (Wildman–Crippen LogP) is 3.87. The number of para-hydroxylation sites is 3. The minimum atomic E-state index is -0.527. The van der Waals surface area contributed by atoms with Crippen molar-refractivity contribution in [1.82, 2.24) is 14.9 Å². The molecular weight excluding hydrogens is 382 g/mol. The van der Waals surface area contributed by atoms with E-state index in [-0.39, 0.29) is 18.4 Å². The molecule has 2 aromatic carbocycles. The highest BCUT2D eigenvalue weighted by molar-refractivity contribution is 5.95. The lowest BCUT2D eigenvalue weighted by Crippen LogP contribution is -2.40. The first-order valence-corrected chi connectivity index (χ1v) is 10.1. The Balaban J connectivity index is 1.15. The molecule has 0 radical (unpaired) electrons. The molecule has 7 nitrogen and oxygen atoms in total. The molecule has 1 amide bonds. The molecule has 1 aliphatic heterocycles. The summed E-state index contributed by atoms with van der Waals surface area (Å²) in [6, 6.07) is 17.0. The number of piperidine rings is 1. The van der Waals surface area contributed by atoms with Gasteiger partial charge in [0, 0.05) is 29.9 Å². The van der Waals surface area contributed by atoms with Crippen molar-refractivity contribution in [3.05, 3.63) is 66.2 Å². The van der Waals surface area contributed by atoms with E-state index in [0.717, 1.165) is 40.7 Å². The SMILES string of the molecule is O=C(OCC(=O)N1CCC(c2nc3ccccc3o2)CC1)c1cc2ccccc2[nH]1. The first-order valence-electron chi connectivity index (χ1n) is 10.1. The number of fused-ring (bicyclic) bond motifs is 2. The molecule has 3 heterocycles. The van der Waals surface area contributed by atoms with Gasteiger partial charge in [-0.05, 0) is 37.1 Å². The van der Waals surface area contributed by atoms with Gasteiger partial charge >= 0.3 is 5.97 Å². The normalized spacial score (nSPS) is 15.0. The van der Waals surface area contributed by atoms with Crippen molar-refractivity contribution >= 4 is 33.9 Å². The number of H-pyrrole nitrogens is 1. The molecule has 0 saturated carbocycles. The molecule has 4 aromatic rings. The quantitative estimate of drug-likeness (QED) is 0.523. The Bertz CT molecular complexity index is 1150. The van der Waals surface area contributed by atoms with E-state index >= 15 is 0 Å². The van der Waals surface area contributed by atoms with E-state index in [2.05, 4.69) is 9.97 Å². The standard InChI is InChI=1S/C23H21N3O4/c27-21(14-29-23(28)19-13-16-5-1-2-6-17(16)24-19)26-11-9-15(10-12-26)22-25-18-7-3-4-8-20(18)30-22/h1-8,13,15,24H,9-12,14H2. The molecule has 0 spiro atoms. The Hall–Kier alpha value is -3.61. The maximum atomic E-state index is 12.5. The monoisotopic (exact) mass is 403 g/mol. The molecule has 7 heteroatoms. The number of carbonyl (C=O) groups excluding carboxylic acids is 2. The van der Waals surface area contributed by atoms with E-state index < -0.39 is 5.97 Å². The average Bonchev–Trinajstić information content (AvgIpc) is 3.41. The number of oxazole rings is 1. The van der Waals surface area contributed by atoms with Crippen LogP contribution in [0.2, 0.25) is 0 Å². The molecule has 5 rings (SSSR count). The zero-order valence-electron chi connectivity index (χ0n) is 16.3. The van der Waals surface area contributed by atoms with Crippen molar-refractivity contribution in [1.29, 1.82) is 0 Å². The smallest absolute Gasteiger partial charge is 0.355 e. The zero-order valence-corrected chi connectivity index (χ0v) is 16.3. The van der Waals surface area contributed by atoms with Crippen LogP contribution in [0.4, 0.5) is 0 Å². The second-order valence-corrected chi connectivity index (χ2v) is 7.52. The third-order valence-electron chi connectivity index (χ3n) is 5.58. The van der Waals surface area contributed by atoms with Gasteiger partial charge in [0.05, 0.1) is 0 Å². The predicted molar refractivity (Wildman–Crippen MR) is 111 cm³/mol. The highest BCUT2D eigenvalue weighted by atomic mass is 16.5. The van der Waals surface area contributed by atoms with Crippen LogP contribution in [0.3, 0.4) is 0 Å². The lowest BCUT2D eigenvalue weighted by atomic mass is 9.97. The summed E-state index contributed by atoms with van der Waals surface area (Å²) in [5.41, 5.74) is 2.85. The van der Waals surface area contributed by atoms with E-state index in [0.29, 0.717) is 18.8 Å². The minimum absolute atomic E-state index is 0.185. The molecule has 1 aliphatic rings. The van der Waals surface area contributed by atoms with Crippen LogP contribution >= 0.6 is 0 Å². The van der Waals surface area contributed by atoms with Crippen LogP contribution in [0, 0.1) is 0 Å². The minimum Gasteiger partial charge on any atom is -0.451 e. The number of nitrogens with zero attached hydrogens (tertiary/aromatic N) is 2. The number of rotatable bonds is 4. The number of ether oxygens (including phenoxy) is 1. The maximum absolute atomic E-state index is 12.5. The van der Waals surface area contributed by atoms with E-state index in [4.69, 9.17) is 9.15 Å². The lowest BCUT2D eigenvalue weighted by Gasteiger charge is -2.30. The Morgan fingerprint density at radius 2 is 1.87 bits per heavy atom. The van der Waals surface area contributed by atoms with Crippen LogP contribution in [0.15, 0.2) is 59.0 Å². The van der Waals surface area contributed by atoms with Crippen LogP contribution in [0.25, 0.3) is 22.0 Å². The molecule has 2 aromatic heterocycles. The van der Waals surface area contributed by atoms with Crippen LogP contribution in [-0.2, 0) is 9.53 Å². The van der Waals surface area contributed by atoms with E-state index in [1.165, 1.54) is 0 Å². The van der Waals surface area contributed by atoms with Gasteiger partial charge in [-0.15, -0.1) is 0 Å². The summed E-state index contributed by atoms with van der Waals surface area (Å²) in [4.78, 5) is 34.1. The van der Waals surface area contributed by atoms with Crippen molar-refractivity contribution in [3.8, 4) is 0 Å². The molecule has 1 fully saturated rings. The van der Waals surface area contributed by atoms with Crippen LogP contribution in [-0.4, -0.2) is 46.4 Å². The number of carbonyl (C=O) groups is 2. The Kier molecular flexibility index (Phi) is 4.71. The van der Waals surface area contributed by atoms with Gasteiger partial charge in [0.25, 0.3) is 5.91 Å². The first-order chi connectivity index (χ1) is 14.7. The van der Waals surface area contributed by atoms with Gasteiger partial charge in [0.2, 0.25) is 0 Å². The number of aromatic amines is 1. The topological polar surface area (TPSA) is 88.4 Å². The Morgan fingerprint density at radius 3 is 2.67 bits per heavy atom. The summed E-state index contributed by atoms with van der Waals surface area (Å²) in [7, 11) is 0. The molecule has 0 unspecified atom stereocenters. The third kappa shape index (κ3) is 3.54. The van der Waals surface area contributed by atoms with Crippen molar-refractivity contribution in [3.63, 3.8) is 0 Å². The molecule has 0 aliphatic carbocycles. The van der Waals surface area contributed by atoms with Crippen molar-refractivity contribution in [2.45, 2.75) is 18.8 Å². The third-order valence-corrected chi connectivity index (χ3v) is 5.58. The number of benzene rings is 2. The molecule has 30 heavy (non-hydrogen) atoms. The first kappa shape index (κ1) is 18.4. The van der Waals surface area contributed by atoms with E-state index in [1.54, 1.807) is 11.0 Å². The highest BCUT2D eigenvalue weighted by Crippen LogP contribution is 2.30. The van der Waals surface area contributed by atoms with Crippen LogP contribution < -0.4 is 0 Å². The van der Waals surface area contributed by atoms with Gasteiger partial charge < -0.3 is 19.0 Å². The van der Waals surface area contributed by atoms with Crippen molar-refractivity contribution < 1.29 is 18.7 Å². The number of hydrogen-bond donors (Lipinski definition) is 1. The number of likely N-dealkylation sites (tertiary alicyclic amines) is 1. The maximum Gasteiger partial charge on any atom is 0.355 e. The Labute approximate surface area is 172 Å². The second-order valence-electron chi connectivity index (χ2n) is 7.52. The van der Waals surface area contributed by atoms with Gasteiger partial charge in [-0.25, -0.2) is 9.78 Å². The summed E-state index contributed by atoms with van der Waals surface area (Å²) in [5.74, 6) is 0.209. The molecular formula is C23H21N3O4. The van der Waals surface area contributed by atoms with Gasteiger partial charge in [0.1, 0.15) is 11.2 Å². The molecule has 152 valence electrons. The summed E-state index contributed by atoms with van der Waals surface area (Å²) in [5, 5.41) is 0.928. The van der Waals surface area contributed by atoms with Gasteiger partial charge in [-0.2, -0.15) is 0 Å². The molecule has 0 atom stereocenters. The fourth-order valence-corrected chi connectivity index (χ4v) is 3.92. The number of hydrogen-bond acceptors (Lipinski definition) is 5. The summed E-state index contributed by atoms with van der Waals surface area (Å²) >= 11 is 0. The zero-order chi connectivity index (χ0) is 20.5. The van der Waals surface area contributed by atoms with E-state index in [9.17, 15) is 9.59 Å². The molecule has 1 saturated heterocycles. The summed E-state index contributed by atoms with van der Waals surface area (Å²) < 4.78 is 11.1. The lowest BCUT2D eigenvalue weighted by molar-refractivity contribution is -0.135. The molecule has 1 N–H and O–H groups in total. The fraction of sp³-hybridized carbons (Fsp3) is 0.261. The van der Waals surface area contributed by atoms with Gasteiger partial charge in [-0.3, -0.25) is 4.79 Å². The largest absolute Gasteiger partial charge is 0.451 e. The van der Waals surface area contributed by atoms with Gasteiger partial charge in [0.15, 0.2) is 18.1 Å². The van der Waals surface area contributed by atoms with Gasteiger partial charge in [-0.1, -0.05) is 30.3 Å². The summed E-state index contributed by atoms with van der Waals surface area (Å²) in [6.45, 7) is 0.917.